The van der Waals surface area contributed by atoms with Crippen molar-refractivity contribution in [3.05, 3.63) is 59.7 Å². The number of nitrogens with zero attached hydrogens (tertiary/aromatic N) is 1. The molecule has 1 aliphatic heterocycles. The molecule has 1 atom stereocenters. The van der Waals surface area contributed by atoms with Gasteiger partial charge in [0.2, 0.25) is 0 Å². The van der Waals surface area contributed by atoms with Crippen molar-refractivity contribution in [1.29, 1.82) is 0 Å². The van der Waals surface area contributed by atoms with Crippen molar-refractivity contribution in [2.24, 2.45) is 0 Å². The molecule has 1 fully saturated rings. The van der Waals surface area contributed by atoms with E-state index < -0.39 is 0 Å². The SMILES string of the molecule is CCOc1cc([C@@H](CO)N2CCNCC2)ccc1OCc1ccccc1.Cl. The molecule has 1 aliphatic rings. The Morgan fingerprint density at radius 3 is 2.44 bits per heavy atom. The summed E-state index contributed by atoms with van der Waals surface area (Å²) in [6.45, 7) is 6.90. The first-order valence-corrected chi connectivity index (χ1v) is 9.31. The second-order valence-electron chi connectivity index (χ2n) is 6.40. The maximum Gasteiger partial charge on any atom is 0.161 e. The zero-order valence-corrected chi connectivity index (χ0v) is 16.6. The fourth-order valence-electron chi connectivity index (χ4n) is 3.28. The summed E-state index contributed by atoms with van der Waals surface area (Å²) in [7, 11) is 0. The van der Waals surface area contributed by atoms with E-state index in [-0.39, 0.29) is 25.1 Å². The lowest BCUT2D eigenvalue weighted by molar-refractivity contribution is 0.110. The van der Waals surface area contributed by atoms with Gasteiger partial charge in [-0.15, -0.1) is 12.4 Å². The highest BCUT2D eigenvalue weighted by atomic mass is 35.5. The lowest BCUT2D eigenvalue weighted by Crippen LogP contribution is -2.46. The molecular formula is C21H29ClN2O3. The van der Waals surface area contributed by atoms with Gasteiger partial charge in [0, 0.05) is 26.2 Å². The third-order valence-electron chi connectivity index (χ3n) is 4.65. The van der Waals surface area contributed by atoms with E-state index in [2.05, 4.69) is 10.2 Å². The molecule has 1 heterocycles. The van der Waals surface area contributed by atoms with Crippen molar-refractivity contribution < 1.29 is 14.6 Å². The summed E-state index contributed by atoms with van der Waals surface area (Å²) in [5.74, 6) is 1.46. The molecule has 0 saturated carbocycles. The van der Waals surface area contributed by atoms with Gasteiger partial charge in [-0.3, -0.25) is 4.90 Å². The number of rotatable bonds is 8. The molecule has 5 nitrogen and oxygen atoms in total. The van der Waals surface area contributed by atoms with Gasteiger partial charge < -0.3 is 19.9 Å². The van der Waals surface area contributed by atoms with Crippen LogP contribution < -0.4 is 14.8 Å². The molecule has 0 radical (unpaired) electrons. The molecule has 27 heavy (non-hydrogen) atoms. The highest BCUT2D eigenvalue weighted by molar-refractivity contribution is 5.85. The largest absolute Gasteiger partial charge is 0.490 e. The van der Waals surface area contributed by atoms with E-state index in [1.807, 2.05) is 55.5 Å². The molecule has 0 aromatic heterocycles. The average Bonchev–Trinajstić information content (AvgIpc) is 2.70. The van der Waals surface area contributed by atoms with Crippen LogP contribution in [0, 0.1) is 0 Å². The van der Waals surface area contributed by atoms with Gasteiger partial charge in [0.1, 0.15) is 6.61 Å². The van der Waals surface area contributed by atoms with Crippen LogP contribution in [0.4, 0.5) is 0 Å². The minimum Gasteiger partial charge on any atom is -0.490 e. The number of halogens is 1. The van der Waals surface area contributed by atoms with Crippen LogP contribution in [-0.4, -0.2) is 49.4 Å². The Hall–Kier alpha value is -1.79. The summed E-state index contributed by atoms with van der Waals surface area (Å²) < 4.78 is 11.8. The van der Waals surface area contributed by atoms with Crippen molar-refractivity contribution in [2.45, 2.75) is 19.6 Å². The summed E-state index contributed by atoms with van der Waals surface area (Å²) in [5.41, 5.74) is 2.18. The lowest BCUT2D eigenvalue weighted by atomic mass is 10.0. The standard InChI is InChI=1S/C21H28N2O3.ClH/c1-2-25-21-14-18(19(15-24)23-12-10-22-11-13-23)8-9-20(21)26-16-17-6-4-3-5-7-17;/h3-9,14,19,22,24H,2,10-13,15-16H2,1H3;1H/t19-;/m1./s1. The van der Waals surface area contributed by atoms with E-state index in [1.165, 1.54) is 0 Å². The first-order valence-electron chi connectivity index (χ1n) is 9.31. The molecule has 0 aliphatic carbocycles. The van der Waals surface area contributed by atoms with Crippen LogP contribution in [-0.2, 0) is 6.61 Å². The van der Waals surface area contributed by atoms with Crippen LogP contribution in [0.2, 0.25) is 0 Å². The minimum absolute atomic E-state index is 0. The Morgan fingerprint density at radius 1 is 1.04 bits per heavy atom. The predicted molar refractivity (Wildman–Crippen MR) is 110 cm³/mol. The fraction of sp³-hybridized carbons (Fsp3) is 0.429. The Balaban J connectivity index is 0.00000261. The summed E-state index contributed by atoms with van der Waals surface area (Å²) in [5, 5.41) is 13.3. The van der Waals surface area contributed by atoms with Crippen LogP contribution >= 0.6 is 12.4 Å². The molecule has 0 unspecified atom stereocenters. The molecule has 6 heteroatoms. The van der Waals surface area contributed by atoms with Gasteiger partial charge >= 0.3 is 0 Å². The topological polar surface area (TPSA) is 54.0 Å². The summed E-state index contributed by atoms with van der Waals surface area (Å²) >= 11 is 0. The van der Waals surface area contributed by atoms with Crippen molar-refractivity contribution >= 4 is 12.4 Å². The number of aliphatic hydroxyl groups is 1. The maximum absolute atomic E-state index is 9.94. The van der Waals surface area contributed by atoms with Gasteiger partial charge in [-0.05, 0) is 30.2 Å². The number of benzene rings is 2. The fourth-order valence-corrected chi connectivity index (χ4v) is 3.28. The third kappa shape index (κ3) is 5.84. The zero-order valence-electron chi connectivity index (χ0n) is 15.8. The van der Waals surface area contributed by atoms with Crippen molar-refractivity contribution in [1.82, 2.24) is 10.2 Å². The molecule has 1 saturated heterocycles. The monoisotopic (exact) mass is 392 g/mol. The van der Waals surface area contributed by atoms with E-state index in [9.17, 15) is 5.11 Å². The van der Waals surface area contributed by atoms with Crippen LogP contribution in [0.15, 0.2) is 48.5 Å². The minimum atomic E-state index is -0.0144. The highest BCUT2D eigenvalue weighted by Gasteiger charge is 2.22. The van der Waals surface area contributed by atoms with Gasteiger partial charge in [0.05, 0.1) is 19.3 Å². The van der Waals surface area contributed by atoms with Crippen molar-refractivity contribution in [2.75, 3.05) is 39.4 Å². The van der Waals surface area contributed by atoms with Crippen LogP contribution in [0.1, 0.15) is 24.1 Å². The molecule has 2 aromatic carbocycles. The number of piperazine rings is 1. The number of ether oxygens (including phenoxy) is 2. The molecule has 148 valence electrons. The maximum atomic E-state index is 9.94. The van der Waals surface area contributed by atoms with E-state index in [0.717, 1.165) is 48.8 Å². The normalized spacial score (nSPS) is 15.6. The van der Waals surface area contributed by atoms with Crippen LogP contribution in [0.3, 0.4) is 0 Å². The van der Waals surface area contributed by atoms with Gasteiger partial charge in [0.15, 0.2) is 11.5 Å². The second kappa shape index (κ2) is 11.1. The summed E-state index contributed by atoms with van der Waals surface area (Å²) in [6.07, 6.45) is 0. The molecular weight excluding hydrogens is 364 g/mol. The van der Waals surface area contributed by atoms with Gasteiger partial charge in [-0.1, -0.05) is 36.4 Å². The Bertz CT molecular complexity index is 678. The predicted octanol–water partition coefficient (Wildman–Crippen LogP) is 3.02. The van der Waals surface area contributed by atoms with Crippen molar-refractivity contribution in [3.63, 3.8) is 0 Å². The van der Waals surface area contributed by atoms with Crippen LogP contribution in [0.5, 0.6) is 11.5 Å². The molecule has 2 N–H and O–H groups in total. The van der Waals surface area contributed by atoms with E-state index in [1.54, 1.807) is 0 Å². The van der Waals surface area contributed by atoms with E-state index in [0.29, 0.717) is 13.2 Å². The number of hydrogen-bond donors (Lipinski definition) is 2. The van der Waals surface area contributed by atoms with E-state index in [4.69, 9.17) is 9.47 Å². The molecule has 0 spiro atoms. The van der Waals surface area contributed by atoms with Gasteiger partial charge in [-0.2, -0.15) is 0 Å². The average molecular weight is 393 g/mol. The smallest absolute Gasteiger partial charge is 0.161 e. The highest BCUT2D eigenvalue weighted by Crippen LogP contribution is 2.33. The third-order valence-corrected chi connectivity index (χ3v) is 4.65. The second-order valence-corrected chi connectivity index (χ2v) is 6.40. The van der Waals surface area contributed by atoms with E-state index >= 15 is 0 Å². The first kappa shape index (κ1) is 21.5. The number of aliphatic hydroxyl groups excluding tert-OH is 1. The Labute approximate surface area is 167 Å². The Kier molecular flexibility index (Phi) is 8.88. The van der Waals surface area contributed by atoms with Crippen LogP contribution in [0.25, 0.3) is 0 Å². The molecule has 3 rings (SSSR count). The number of nitrogens with one attached hydrogen (secondary N) is 1. The molecule has 0 bridgehead atoms. The molecule has 2 aromatic rings. The number of hydrogen-bond acceptors (Lipinski definition) is 5. The van der Waals surface area contributed by atoms with Gasteiger partial charge in [0.25, 0.3) is 0 Å². The summed E-state index contributed by atoms with van der Waals surface area (Å²) in [4.78, 5) is 2.31. The summed E-state index contributed by atoms with van der Waals surface area (Å²) in [6, 6.07) is 16.1. The van der Waals surface area contributed by atoms with Gasteiger partial charge in [-0.25, -0.2) is 0 Å². The zero-order chi connectivity index (χ0) is 18.2. The molecule has 0 amide bonds. The lowest BCUT2D eigenvalue weighted by Gasteiger charge is -2.34. The van der Waals surface area contributed by atoms with Crippen molar-refractivity contribution in [3.8, 4) is 11.5 Å². The quantitative estimate of drug-likeness (QED) is 0.723. The first-order chi connectivity index (χ1) is 12.8. The Morgan fingerprint density at radius 2 is 1.78 bits per heavy atom.